The third-order valence-corrected chi connectivity index (χ3v) is 9.82. The van der Waals surface area contributed by atoms with Gasteiger partial charge in [0.15, 0.2) is 0 Å². The summed E-state index contributed by atoms with van der Waals surface area (Å²) in [6.45, 7) is 2.32. The van der Waals surface area contributed by atoms with Crippen molar-refractivity contribution in [3.8, 4) is 0 Å². The van der Waals surface area contributed by atoms with Crippen LogP contribution in [0.5, 0.6) is 0 Å². The molecular weight excluding hydrogens is 504 g/mol. The quantitative estimate of drug-likeness (QED) is 0.219. The third-order valence-electron chi connectivity index (χ3n) is 8.66. The Kier molecular flexibility index (Phi) is 5.75. The lowest BCUT2D eigenvalue weighted by Gasteiger charge is -2.19. The van der Waals surface area contributed by atoms with Crippen molar-refractivity contribution in [2.75, 3.05) is 5.32 Å². The first-order valence-corrected chi connectivity index (χ1v) is 15.3. The number of fused-ring (bicyclic) bond motifs is 5. The van der Waals surface area contributed by atoms with Gasteiger partial charge >= 0.3 is 0 Å². The Bertz CT molecular complexity index is 1840. The summed E-state index contributed by atoms with van der Waals surface area (Å²) in [5.41, 5.74) is 9.14. The van der Waals surface area contributed by atoms with Gasteiger partial charge < -0.3 is 5.32 Å². The molecule has 4 aromatic carbocycles. The van der Waals surface area contributed by atoms with E-state index in [1.165, 1.54) is 59.3 Å². The van der Waals surface area contributed by atoms with Crippen molar-refractivity contribution < 1.29 is 0 Å². The molecule has 3 heteroatoms. The second kappa shape index (κ2) is 9.62. The van der Waals surface area contributed by atoms with Gasteiger partial charge in [-0.2, -0.15) is 0 Å². The number of anilines is 2. The fraction of sp³-hybridized carbons (Fsp3) is 0.189. The first-order valence-electron chi connectivity index (χ1n) is 14.5. The normalized spacial score (nSPS) is 21.4. The molecule has 0 amide bonds. The Morgan fingerprint density at radius 2 is 1.60 bits per heavy atom. The van der Waals surface area contributed by atoms with Gasteiger partial charge in [-0.1, -0.05) is 85.8 Å². The molecule has 2 nitrogen and oxygen atoms in total. The van der Waals surface area contributed by atoms with Gasteiger partial charge in [0.25, 0.3) is 0 Å². The van der Waals surface area contributed by atoms with E-state index in [9.17, 15) is 0 Å². The maximum Gasteiger partial charge on any atom is 0.0523 e. The Morgan fingerprint density at radius 3 is 2.40 bits per heavy atom. The van der Waals surface area contributed by atoms with Crippen LogP contribution in [0.3, 0.4) is 0 Å². The zero-order valence-electron chi connectivity index (χ0n) is 22.7. The highest BCUT2D eigenvalue weighted by Crippen LogP contribution is 2.45. The van der Waals surface area contributed by atoms with Crippen molar-refractivity contribution >= 4 is 55.2 Å². The minimum absolute atomic E-state index is 0.390. The molecule has 0 radical (unpaired) electrons. The molecule has 3 atom stereocenters. The van der Waals surface area contributed by atoms with Gasteiger partial charge in [0.1, 0.15) is 0 Å². The van der Waals surface area contributed by atoms with Gasteiger partial charge in [-0.25, -0.2) is 0 Å². The Balaban J connectivity index is 1.17. The first kappa shape index (κ1) is 23.9. The number of thiophene rings is 1. The number of hydrogen-bond acceptors (Lipinski definition) is 3. The van der Waals surface area contributed by atoms with E-state index in [0.717, 1.165) is 24.9 Å². The minimum atomic E-state index is 0.390. The van der Waals surface area contributed by atoms with Crippen LogP contribution in [0.4, 0.5) is 11.4 Å². The molecule has 0 bridgehead atoms. The maximum atomic E-state index is 3.80. The molecule has 1 aromatic heterocycles. The standard InChI is InChI=1S/C37H32N2S/c1-23-12-20-32-30(22-23)35-29-17-19-31(34(24-8-4-2-5-9-24)28(29)18-21-33(35)40-32)38-27-15-13-26(14-16-27)37-36(39-37)25-10-6-3-7-11-25/h3-4,6-21,23,36-39H,2,5,22H2,1H3/t23?,36?,37-/m0/s1. The fourth-order valence-corrected chi connectivity index (χ4v) is 7.75. The van der Waals surface area contributed by atoms with Crippen molar-refractivity contribution in [3.05, 3.63) is 130 Å². The topological polar surface area (TPSA) is 34.0 Å². The zero-order valence-corrected chi connectivity index (χ0v) is 23.5. The average Bonchev–Trinajstić information content (AvgIpc) is 3.72. The summed E-state index contributed by atoms with van der Waals surface area (Å²) in [5.74, 6) is 0.585. The van der Waals surface area contributed by atoms with Crippen LogP contribution in [0.2, 0.25) is 0 Å². The summed E-state index contributed by atoms with van der Waals surface area (Å²) in [6.07, 6.45) is 15.1. The lowest BCUT2D eigenvalue weighted by molar-refractivity contribution is 0.724. The molecule has 2 heterocycles. The van der Waals surface area contributed by atoms with E-state index in [1.54, 1.807) is 0 Å². The summed E-state index contributed by atoms with van der Waals surface area (Å²) in [6, 6.07) is 29.9. The molecular formula is C37H32N2S. The van der Waals surface area contributed by atoms with E-state index in [0.29, 0.717) is 18.0 Å². The number of benzene rings is 4. The van der Waals surface area contributed by atoms with Crippen molar-refractivity contribution in [3.63, 3.8) is 0 Å². The monoisotopic (exact) mass is 536 g/mol. The van der Waals surface area contributed by atoms with Gasteiger partial charge in [-0.05, 0) is 88.6 Å². The van der Waals surface area contributed by atoms with Gasteiger partial charge in [0.05, 0.1) is 12.1 Å². The molecule has 8 rings (SSSR count). The van der Waals surface area contributed by atoms with Crippen LogP contribution in [0.1, 0.15) is 59.0 Å². The van der Waals surface area contributed by atoms with E-state index >= 15 is 0 Å². The lowest BCUT2D eigenvalue weighted by Crippen LogP contribution is -2.01. The Morgan fingerprint density at radius 1 is 0.800 bits per heavy atom. The Labute approximate surface area is 239 Å². The predicted octanol–water partition coefficient (Wildman–Crippen LogP) is 10.1. The summed E-state index contributed by atoms with van der Waals surface area (Å²) < 4.78 is 1.40. The number of rotatable bonds is 5. The van der Waals surface area contributed by atoms with Crippen LogP contribution in [0.15, 0.2) is 103 Å². The highest BCUT2D eigenvalue weighted by atomic mass is 32.1. The van der Waals surface area contributed by atoms with Gasteiger partial charge in [0, 0.05) is 31.9 Å². The van der Waals surface area contributed by atoms with Gasteiger partial charge in [-0.3, -0.25) is 5.32 Å². The molecule has 1 fully saturated rings. The molecule has 2 unspecified atom stereocenters. The number of allylic oxidation sites excluding steroid dienone is 5. The third kappa shape index (κ3) is 4.13. The fourth-order valence-electron chi connectivity index (χ4n) is 6.58. The highest BCUT2D eigenvalue weighted by Gasteiger charge is 2.38. The van der Waals surface area contributed by atoms with Crippen LogP contribution in [-0.4, -0.2) is 0 Å². The largest absolute Gasteiger partial charge is 0.355 e. The predicted molar refractivity (Wildman–Crippen MR) is 172 cm³/mol. The zero-order chi connectivity index (χ0) is 26.6. The van der Waals surface area contributed by atoms with E-state index < -0.39 is 0 Å². The maximum absolute atomic E-state index is 3.80. The number of nitrogens with one attached hydrogen (secondary N) is 2. The number of hydrogen-bond donors (Lipinski definition) is 2. The molecule has 2 N–H and O–H groups in total. The van der Waals surface area contributed by atoms with Gasteiger partial charge in [0.2, 0.25) is 0 Å². The molecule has 3 aliphatic rings. The smallest absolute Gasteiger partial charge is 0.0523 e. The molecule has 40 heavy (non-hydrogen) atoms. The summed E-state index contributed by atoms with van der Waals surface area (Å²) >= 11 is 1.94. The van der Waals surface area contributed by atoms with Crippen LogP contribution in [-0.2, 0) is 6.42 Å². The summed E-state index contributed by atoms with van der Waals surface area (Å²) in [4.78, 5) is 1.43. The molecule has 5 aromatic rings. The van der Waals surface area contributed by atoms with E-state index in [2.05, 4.69) is 127 Å². The molecule has 1 aliphatic heterocycles. The van der Waals surface area contributed by atoms with Crippen molar-refractivity contribution in [1.82, 2.24) is 5.32 Å². The molecule has 0 spiro atoms. The van der Waals surface area contributed by atoms with E-state index in [-0.39, 0.29) is 0 Å². The van der Waals surface area contributed by atoms with E-state index in [1.807, 2.05) is 11.3 Å². The SMILES string of the molecule is CC1C=Cc2sc3ccc4c(C5=CCCC=C5)c(Nc5ccc([C@@H]6NC6c6ccccc6)cc5)ccc4c3c2C1. The minimum Gasteiger partial charge on any atom is -0.355 e. The van der Waals surface area contributed by atoms with Crippen molar-refractivity contribution in [2.24, 2.45) is 5.92 Å². The van der Waals surface area contributed by atoms with Crippen molar-refractivity contribution in [2.45, 2.75) is 38.3 Å². The van der Waals surface area contributed by atoms with Crippen LogP contribution < -0.4 is 10.6 Å². The molecule has 196 valence electrons. The first-order chi connectivity index (χ1) is 19.7. The van der Waals surface area contributed by atoms with E-state index in [4.69, 9.17) is 0 Å². The molecule has 1 saturated heterocycles. The van der Waals surface area contributed by atoms with Crippen molar-refractivity contribution in [1.29, 1.82) is 0 Å². The molecule has 2 aliphatic carbocycles. The summed E-state index contributed by atoms with van der Waals surface area (Å²) in [7, 11) is 0. The highest BCUT2D eigenvalue weighted by molar-refractivity contribution is 7.20. The van der Waals surface area contributed by atoms with Crippen LogP contribution in [0.25, 0.3) is 32.5 Å². The van der Waals surface area contributed by atoms with Crippen LogP contribution in [0, 0.1) is 5.92 Å². The second-order valence-corrected chi connectivity index (χ2v) is 12.5. The second-order valence-electron chi connectivity index (χ2n) is 11.4. The molecule has 0 saturated carbocycles. The Hall–Kier alpha value is -3.92. The average molecular weight is 537 g/mol. The van der Waals surface area contributed by atoms with Crippen LogP contribution >= 0.6 is 11.3 Å². The summed E-state index contributed by atoms with van der Waals surface area (Å²) in [5, 5.41) is 11.6. The van der Waals surface area contributed by atoms with Gasteiger partial charge in [-0.15, -0.1) is 11.3 Å². The lowest BCUT2D eigenvalue weighted by atomic mass is 9.88.